The molecule has 2 heterocycles. The number of ketones is 1. The number of pyridine rings is 1. The monoisotopic (exact) mass is 621 g/mol. The smallest absolute Gasteiger partial charge is 0.151 e. The summed E-state index contributed by atoms with van der Waals surface area (Å²) >= 11 is 1.78. The van der Waals surface area contributed by atoms with E-state index >= 15 is 0 Å². The number of carbonyl (C=O) groups excluding carboxylic acids is 1. The van der Waals surface area contributed by atoms with E-state index in [9.17, 15) is 4.79 Å². The van der Waals surface area contributed by atoms with Gasteiger partial charge in [0.05, 0.1) is 5.52 Å². The van der Waals surface area contributed by atoms with E-state index in [1.807, 2.05) is 26.8 Å². The van der Waals surface area contributed by atoms with Gasteiger partial charge in [-0.3, -0.25) is 9.78 Å². The molecule has 0 atom stereocenters. The van der Waals surface area contributed by atoms with E-state index in [0.717, 1.165) is 28.0 Å². The van der Waals surface area contributed by atoms with Gasteiger partial charge in [0.15, 0.2) is 5.78 Å². The fourth-order valence-electron chi connectivity index (χ4n) is 3.62. The minimum Gasteiger partial charge on any atom is -0.686 e. The number of benzene rings is 2. The molecular weight excluding hydrogens is 593 g/mol. The molecule has 169 valence electrons. The number of fused-ring (bicyclic) bond motifs is 3. The molecule has 3 nitrogen and oxygen atoms in total. The molecule has 0 unspecified atom stereocenters. The Bertz CT molecular complexity index is 1240. The molecule has 4 rings (SSSR count). The molecule has 0 saturated heterocycles. The van der Waals surface area contributed by atoms with E-state index in [1.54, 1.807) is 17.4 Å². The summed E-state index contributed by atoms with van der Waals surface area (Å²) in [5, 5.41) is 8.76. The van der Waals surface area contributed by atoms with Crippen molar-refractivity contribution in [3.8, 4) is 11.3 Å². The summed E-state index contributed by atoms with van der Waals surface area (Å²) in [5.41, 5.74) is 6.39. The number of aromatic nitrogens is 1. The van der Waals surface area contributed by atoms with Crippen LogP contribution in [0.1, 0.15) is 38.8 Å². The second-order valence-corrected chi connectivity index (χ2v) is 8.93. The van der Waals surface area contributed by atoms with Gasteiger partial charge in [0.25, 0.3) is 0 Å². The summed E-state index contributed by atoms with van der Waals surface area (Å²) in [6, 6.07) is 18.6. The number of para-hydroxylation sites is 1. The molecule has 0 aliphatic heterocycles. The van der Waals surface area contributed by atoms with Crippen LogP contribution in [0.4, 0.5) is 0 Å². The van der Waals surface area contributed by atoms with Crippen molar-refractivity contribution < 1.29 is 24.9 Å². The van der Waals surface area contributed by atoms with Crippen LogP contribution in [0.2, 0.25) is 0 Å². The van der Waals surface area contributed by atoms with Crippen LogP contribution in [-0.4, -0.2) is 16.8 Å². The molecule has 1 radical (unpaired) electrons. The Hall–Kier alpha value is -2.33. The second-order valence-electron chi connectivity index (χ2n) is 8.01. The first kappa shape index (κ1) is 25.9. The van der Waals surface area contributed by atoms with Gasteiger partial charge in [0.1, 0.15) is 0 Å². The van der Waals surface area contributed by atoms with Crippen molar-refractivity contribution in [2.75, 3.05) is 0 Å². The van der Waals surface area contributed by atoms with Crippen LogP contribution in [-0.2, 0) is 24.9 Å². The molecule has 32 heavy (non-hydrogen) atoms. The zero-order valence-corrected chi connectivity index (χ0v) is 22.5. The van der Waals surface area contributed by atoms with Crippen molar-refractivity contribution in [2.24, 2.45) is 0 Å². The van der Waals surface area contributed by atoms with E-state index in [4.69, 9.17) is 4.98 Å². The number of hydrogen-bond acceptors (Lipinski definition) is 3. The van der Waals surface area contributed by atoms with E-state index < -0.39 is 0 Å². The Morgan fingerprint density at radius 1 is 1.09 bits per heavy atom. The summed E-state index contributed by atoms with van der Waals surface area (Å²) in [5.74, 6) is 0.0573. The fourth-order valence-corrected chi connectivity index (χ4v) is 4.55. The first-order valence-corrected chi connectivity index (χ1v) is 11.3. The molecule has 0 aliphatic rings. The molecule has 4 aromatic rings. The maximum absolute atomic E-state index is 10.5. The third-order valence-electron chi connectivity index (χ3n) is 4.58. The maximum Gasteiger partial charge on any atom is 0.151 e. The van der Waals surface area contributed by atoms with Crippen LogP contribution < -0.4 is 0 Å². The van der Waals surface area contributed by atoms with Crippen LogP contribution in [0.25, 0.3) is 37.6 Å². The molecule has 2 aromatic heterocycles. The fraction of sp³-hybridized carbons (Fsp3) is 0.259. The minimum atomic E-state index is 0. The predicted octanol–water partition coefficient (Wildman–Crippen LogP) is 7.79. The number of allylic oxidation sites excluding steroid dienone is 2. The SMILES string of the molecule is CC(=O)/C=C(/C)[N-]C(C)C.Cc1[c-]c(-c2nc3ccccc3c3sccc23)cc(C)c1.[Ir]. The van der Waals surface area contributed by atoms with E-state index in [0.29, 0.717) is 0 Å². The molecule has 0 fully saturated rings. The minimum absolute atomic E-state index is 0. The van der Waals surface area contributed by atoms with Gasteiger partial charge in [-0.25, -0.2) is 0 Å². The number of nitrogens with zero attached hydrogens (tertiary/aromatic N) is 2. The Morgan fingerprint density at radius 3 is 2.47 bits per heavy atom. The number of thiophene rings is 1. The normalized spacial score (nSPS) is 11.2. The molecule has 0 N–H and O–H groups in total. The van der Waals surface area contributed by atoms with Crippen LogP contribution in [0.3, 0.4) is 0 Å². The molecule has 0 amide bonds. The summed E-state index contributed by atoms with van der Waals surface area (Å²) in [6.07, 6.45) is 1.54. The van der Waals surface area contributed by atoms with E-state index in [-0.39, 0.29) is 31.9 Å². The molecule has 0 bridgehead atoms. The van der Waals surface area contributed by atoms with Crippen LogP contribution >= 0.6 is 11.3 Å². The van der Waals surface area contributed by atoms with Crippen molar-refractivity contribution in [1.29, 1.82) is 0 Å². The van der Waals surface area contributed by atoms with Gasteiger partial charge < -0.3 is 5.32 Å². The third kappa shape index (κ3) is 6.58. The molecular formula is C27H28IrN2OS-2. The van der Waals surface area contributed by atoms with Gasteiger partial charge in [0.2, 0.25) is 0 Å². The number of hydrogen-bond donors (Lipinski definition) is 0. The maximum atomic E-state index is 10.5. The largest absolute Gasteiger partial charge is 0.686 e. The Labute approximate surface area is 208 Å². The zero-order chi connectivity index (χ0) is 22.5. The number of carbonyl (C=O) groups is 1. The molecule has 2 aromatic carbocycles. The van der Waals surface area contributed by atoms with Crippen LogP contribution in [0.15, 0.2) is 59.6 Å². The molecule has 0 spiro atoms. The van der Waals surface area contributed by atoms with Gasteiger partial charge in [-0.2, -0.15) is 5.70 Å². The number of aryl methyl sites for hydroxylation is 2. The van der Waals surface area contributed by atoms with Gasteiger partial charge in [-0.15, -0.1) is 52.3 Å². The molecule has 0 aliphatic carbocycles. The first-order valence-electron chi connectivity index (χ1n) is 10.4. The van der Waals surface area contributed by atoms with Crippen LogP contribution in [0.5, 0.6) is 0 Å². The third-order valence-corrected chi connectivity index (χ3v) is 5.53. The summed E-state index contributed by atoms with van der Waals surface area (Å²) in [4.78, 5) is 15.4. The van der Waals surface area contributed by atoms with E-state index in [1.165, 1.54) is 28.0 Å². The Kier molecular flexibility index (Phi) is 9.32. The van der Waals surface area contributed by atoms with Crippen LogP contribution in [0, 0.1) is 19.9 Å². The van der Waals surface area contributed by atoms with Gasteiger partial charge in [-0.05, 0) is 35.5 Å². The van der Waals surface area contributed by atoms with Crippen molar-refractivity contribution in [3.05, 3.63) is 82.1 Å². The predicted molar refractivity (Wildman–Crippen MR) is 134 cm³/mol. The number of rotatable bonds is 4. The van der Waals surface area contributed by atoms with Crippen molar-refractivity contribution in [2.45, 2.75) is 47.6 Å². The summed E-state index contributed by atoms with van der Waals surface area (Å²) in [7, 11) is 0. The Morgan fingerprint density at radius 2 is 1.81 bits per heavy atom. The van der Waals surface area contributed by atoms with Gasteiger partial charge >= 0.3 is 0 Å². The quantitative estimate of drug-likeness (QED) is 0.173. The molecule has 5 heteroatoms. The first-order chi connectivity index (χ1) is 14.7. The molecule has 0 saturated carbocycles. The average molecular weight is 621 g/mol. The van der Waals surface area contributed by atoms with Crippen molar-refractivity contribution >= 4 is 38.1 Å². The van der Waals surface area contributed by atoms with Gasteiger partial charge in [-0.1, -0.05) is 58.9 Å². The van der Waals surface area contributed by atoms with Crippen molar-refractivity contribution in [3.63, 3.8) is 0 Å². The standard InChI is InChI=1S/C19H14NS.C8H15NO.Ir/c1-12-9-13(2)11-14(10-12)18-16-7-8-21-19(16)15-5-3-4-6-17(15)20-18;1-6(2)9-7(3)5-8(4)10;/h3-10H,1-2H3;5-6H,1-4H3,(H,9,10);/q-1;;/p-1. The summed E-state index contributed by atoms with van der Waals surface area (Å²) < 4.78 is 1.31. The zero-order valence-electron chi connectivity index (χ0n) is 19.3. The Balaban J connectivity index is 0.000000285. The average Bonchev–Trinajstić information content (AvgIpc) is 3.16. The topological polar surface area (TPSA) is 44.1 Å². The van der Waals surface area contributed by atoms with Gasteiger partial charge in [0, 0.05) is 30.2 Å². The second kappa shape index (κ2) is 11.5. The van der Waals surface area contributed by atoms with Crippen molar-refractivity contribution in [1.82, 2.24) is 4.98 Å². The summed E-state index contributed by atoms with van der Waals surface area (Å²) in [6.45, 7) is 11.5. The van der Waals surface area contributed by atoms with E-state index in [2.05, 4.69) is 67.0 Å².